The standard InChI is InChI=1S/C24H30N2O6/c1-29-23-13-21(27)25-20(18-11-7-4-8-12-18)16-32-24(30-2)14-22(28)26-19(15-31-23)17-9-5-3-6-10-17/h3-12,19-20,23-24H,13-16H2,1-2H3,(H,25,27)(H,26,28). The van der Waals surface area contributed by atoms with E-state index in [0.29, 0.717) is 0 Å². The van der Waals surface area contributed by atoms with Crippen LogP contribution in [0.1, 0.15) is 36.1 Å². The molecule has 2 amide bonds. The van der Waals surface area contributed by atoms with Crippen molar-refractivity contribution in [3.63, 3.8) is 0 Å². The summed E-state index contributed by atoms with van der Waals surface area (Å²) >= 11 is 0. The molecule has 8 nitrogen and oxygen atoms in total. The Balaban J connectivity index is 1.80. The maximum absolute atomic E-state index is 12.7. The van der Waals surface area contributed by atoms with E-state index in [4.69, 9.17) is 18.9 Å². The van der Waals surface area contributed by atoms with Crippen molar-refractivity contribution in [2.24, 2.45) is 0 Å². The molecule has 0 bridgehead atoms. The second kappa shape index (κ2) is 12.3. The van der Waals surface area contributed by atoms with E-state index in [1.54, 1.807) is 0 Å². The average Bonchev–Trinajstić information content (AvgIpc) is 2.83. The van der Waals surface area contributed by atoms with Gasteiger partial charge in [-0.2, -0.15) is 0 Å². The van der Waals surface area contributed by atoms with Gasteiger partial charge >= 0.3 is 0 Å². The first-order valence-electron chi connectivity index (χ1n) is 10.6. The average molecular weight is 443 g/mol. The van der Waals surface area contributed by atoms with E-state index in [0.717, 1.165) is 11.1 Å². The molecule has 1 saturated heterocycles. The zero-order chi connectivity index (χ0) is 22.8. The molecule has 2 aromatic rings. The van der Waals surface area contributed by atoms with Crippen LogP contribution in [0.3, 0.4) is 0 Å². The van der Waals surface area contributed by atoms with Gasteiger partial charge in [-0.1, -0.05) is 60.7 Å². The molecule has 1 heterocycles. The summed E-state index contributed by atoms with van der Waals surface area (Å²) in [5.41, 5.74) is 1.76. The lowest BCUT2D eigenvalue weighted by molar-refractivity contribution is -0.160. The molecule has 4 atom stereocenters. The van der Waals surface area contributed by atoms with Crippen LogP contribution in [0.15, 0.2) is 60.7 Å². The molecule has 0 spiro atoms. The highest BCUT2D eigenvalue weighted by Crippen LogP contribution is 2.19. The number of carbonyl (C=O) groups excluding carboxylic acids is 2. The summed E-state index contributed by atoms with van der Waals surface area (Å²) in [6.07, 6.45) is -1.51. The van der Waals surface area contributed by atoms with E-state index in [1.807, 2.05) is 60.7 Å². The Morgan fingerprint density at radius 3 is 1.41 bits per heavy atom. The lowest BCUT2D eigenvalue weighted by Crippen LogP contribution is -2.39. The van der Waals surface area contributed by atoms with Crippen molar-refractivity contribution in [3.8, 4) is 0 Å². The third kappa shape index (κ3) is 7.13. The monoisotopic (exact) mass is 442 g/mol. The lowest BCUT2D eigenvalue weighted by atomic mass is 10.1. The Hall–Kier alpha value is -2.78. The van der Waals surface area contributed by atoms with Crippen LogP contribution >= 0.6 is 0 Å². The number of ether oxygens (including phenoxy) is 4. The SMILES string of the molecule is COC1CC(=O)NC(c2ccccc2)COC(OC)CC(=O)NC(c2ccccc2)CO1. The summed E-state index contributed by atoms with van der Waals surface area (Å²) in [6, 6.07) is 18.1. The van der Waals surface area contributed by atoms with Crippen LogP contribution < -0.4 is 10.6 Å². The topological polar surface area (TPSA) is 95.1 Å². The van der Waals surface area contributed by atoms with Crippen LogP contribution in [0.4, 0.5) is 0 Å². The summed E-state index contributed by atoms with van der Waals surface area (Å²) in [4.78, 5) is 25.5. The minimum Gasteiger partial charge on any atom is -0.355 e. The first-order valence-corrected chi connectivity index (χ1v) is 10.6. The fourth-order valence-electron chi connectivity index (χ4n) is 3.45. The third-order valence-corrected chi connectivity index (χ3v) is 5.20. The van der Waals surface area contributed by atoms with Crippen LogP contribution in [0.25, 0.3) is 0 Å². The van der Waals surface area contributed by atoms with Crippen molar-refractivity contribution in [2.45, 2.75) is 37.5 Å². The minimum atomic E-state index is -0.759. The van der Waals surface area contributed by atoms with Gasteiger partial charge in [0.2, 0.25) is 11.8 Å². The Morgan fingerprint density at radius 2 is 1.06 bits per heavy atom. The van der Waals surface area contributed by atoms with Crippen molar-refractivity contribution >= 4 is 11.8 Å². The van der Waals surface area contributed by atoms with E-state index in [-0.39, 0.29) is 37.9 Å². The van der Waals surface area contributed by atoms with Crippen molar-refractivity contribution in [3.05, 3.63) is 71.8 Å². The molecule has 3 rings (SSSR count). The molecule has 32 heavy (non-hydrogen) atoms. The first kappa shape index (κ1) is 23.9. The zero-order valence-corrected chi connectivity index (χ0v) is 18.4. The van der Waals surface area contributed by atoms with Gasteiger partial charge in [0, 0.05) is 14.2 Å². The molecule has 4 unspecified atom stereocenters. The maximum atomic E-state index is 12.7. The van der Waals surface area contributed by atoms with Crippen molar-refractivity contribution in [2.75, 3.05) is 27.4 Å². The van der Waals surface area contributed by atoms with Crippen LogP contribution in [0.2, 0.25) is 0 Å². The second-order valence-electron chi connectivity index (χ2n) is 7.47. The van der Waals surface area contributed by atoms with Crippen LogP contribution in [-0.2, 0) is 28.5 Å². The highest BCUT2D eigenvalue weighted by Gasteiger charge is 2.25. The molecule has 172 valence electrons. The molecule has 1 aliphatic rings. The van der Waals surface area contributed by atoms with E-state index in [1.165, 1.54) is 14.2 Å². The molecular formula is C24H30N2O6. The van der Waals surface area contributed by atoms with Crippen LogP contribution in [0.5, 0.6) is 0 Å². The molecule has 2 N–H and O–H groups in total. The summed E-state index contributed by atoms with van der Waals surface area (Å²) < 4.78 is 22.4. The number of hydrogen-bond donors (Lipinski definition) is 2. The fraction of sp³-hybridized carbons (Fsp3) is 0.417. The summed E-state index contributed by atoms with van der Waals surface area (Å²) in [6.45, 7) is 0.282. The maximum Gasteiger partial charge on any atom is 0.225 e. The smallest absolute Gasteiger partial charge is 0.225 e. The van der Waals surface area contributed by atoms with Crippen LogP contribution in [-0.4, -0.2) is 51.8 Å². The second-order valence-corrected chi connectivity index (χ2v) is 7.47. The van der Waals surface area contributed by atoms with Gasteiger partial charge in [-0.05, 0) is 11.1 Å². The number of carbonyl (C=O) groups is 2. The number of benzene rings is 2. The van der Waals surface area contributed by atoms with Crippen LogP contribution in [0, 0.1) is 0 Å². The van der Waals surface area contributed by atoms with Gasteiger partial charge in [0.05, 0.1) is 38.1 Å². The van der Waals surface area contributed by atoms with Crippen molar-refractivity contribution in [1.82, 2.24) is 10.6 Å². The Labute approximate surface area is 188 Å². The highest BCUT2D eigenvalue weighted by molar-refractivity contribution is 5.77. The quantitative estimate of drug-likeness (QED) is 0.756. The first-order chi connectivity index (χ1) is 15.6. The Bertz CT molecular complexity index is 777. The Morgan fingerprint density at radius 1 is 0.688 bits per heavy atom. The molecule has 1 fully saturated rings. The molecule has 0 radical (unpaired) electrons. The molecule has 2 aromatic carbocycles. The number of nitrogens with one attached hydrogen (secondary N) is 2. The fourth-order valence-corrected chi connectivity index (χ4v) is 3.45. The Kier molecular flexibility index (Phi) is 9.18. The summed E-state index contributed by atoms with van der Waals surface area (Å²) in [7, 11) is 2.97. The minimum absolute atomic E-state index is 0.00297. The molecule has 0 aliphatic carbocycles. The largest absolute Gasteiger partial charge is 0.355 e. The van der Waals surface area contributed by atoms with Gasteiger partial charge in [-0.3, -0.25) is 9.59 Å². The van der Waals surface area contributed by atoms with Gasteiger partial charge < -0.3 is 29.6 Å². The van der Waals surface area contributed by atoms with E-state index >= 15 is 0 Å². The third-order valence-electron chi connectivity index (χ3n) is 5.20. The van der Waals surface area contributed by atoms with Gasteiger partial charge in [0.15, 0.2) is 12.6 Å². The van der Waals surface area contributed by atoms with Crippen molar-refractivity contribution < 1.29 is 28.5 Å². The number of hydrogen-bond acceptors (Lipinski definition) is 6. The van der Waals surface area contributed by atoms with Gasteiger partial charge in [-0.25, -0.2) is 0 Å². The normalized spacial score (nSPS) is 25.9. The van der Waals surface area contributed by atoms with E-state index < -0.39 is 24.7 Å². The van der Waals surface area contributed by atoms with Gasteiger partial charge in [0.1, 0.15) is 0 Å². The highest BCUT2D eigenvalue weighted by atomic mass is 16.7. The van der Waals surface area contributed by atoms with Gasteiger partial charge in [0.25, 0.3) is 0 Å². The molecule has 8 heteroatoms. The molecular weight excluding hydrogens is 412 g/mol. The predicted molar refractivity (Wildman–Crippen MR) is 117 cm³/mol. The molecule has 0 aromatic heterocycles. The zero-order valence-electron chi connectivity index (χ0n) is 18.4. The predicted octanol–water partition coefficient (Wildman–Crippen LogP) is 2.47. The number of rotatable bonds is 4. The lowest BCUT2D eigenvalue weighted by Gasteiger charge is -2.27. The number of methoxy groups -OCH3 is 2. The van der Waals surface area contributed by atoms with E-state index in [9.17, 15) is 9.59 Å². The molecule has 1 aliphatic heterocycles. The van der Waals surface area contributed by atoms with Gasteiger partial charge in [-0.15, -0.1) is 0 Å². The molecule has 0 saturated carbocycles. The number of amides is 2. The van der Waals surface area contributed by atoms with Crippen molar-refractivity contribution in [1.29, 1.82) is 0 Å². The summed E-state index contributed by atoms with van der Waals surface area (Å²) in [5.74, 6) is -0.471. The summed E-state index contributed by atoms with van der Waals surface area (Å²) in [5, 5.41) is 5.94. The van der Waals surface area contributed by atoms with E-state index in [2.05, 4.69) is 10.6 Å².